The summed E-state index contributed by atoms with van der Waals surface area (Å²) in [4.78, 5) is 0. The first kappa shape index (κ1) is 8.93. The van der Waals surface area contributed by atoms with E-state index in [9.17, 15) is 0 Å². The Morgan fingerprint density at radius 2 is 1.50 bits per heavy atom. The molecule has 0 saturated carbocycles. The van der Waals surface area contributed by atoms with E-state index < -0.39 is 5.89 Å². The van der Waals surface area contributed by atoms with E-state index in [4.69, 9.17) is 2.74 Å². The number of benzene rings is 3. The lowest BCUT2D eigenvalue weighted by molar-refractivity contribution is 0.925. The summed E-state index contributed by atoms with van der Waals surface area (Å²) in [5, 5.41) is 2.28. The molecule has 3 rings (SSSR count). The van der Waals surface area contributed by atoms with Gasteiger partial charge in [-0.3, -0.25) is 0 Å². The molecule has 0 N–H and O–H groups in total. The number of hydrogen-bond donors (Lipinski definition) is 0. The Labute approximate surface area is 111 Å². The Hall–Kier alpha value is -2.08. The average molecular weight is 234 g/mol. The van der Waals surface area contributed by atoms with Crippen molar-refractivity contribution in [2.75, 3.05) is 0 Å². The van der Waals surface area contributed by atoms with Crippen molar-refractivity contribution in [3.63, 3.8) is 0 Å². The lowest BCUT2D eigenvalue weighted by Crippen LogP contribution is -1.95. The van der Waals surface area contributed by atoms with Gasteiger partial charge in [0.15, 0.2) is 0 Å². The van der Waals surface area contributed by atoms with Crippen LogP contribution in [0.4, 0.5) is 0 Å². The molecule has 0 saturated heterocycles. The fourth-order valence-electron chi connectivity index (χ4n) is 2.18. The summed E-state index contributed by atoms with van der Waals surface area (Å²) >= 11 is 0. The Kier molecular flexibility index (Phi) is 2.31. The highest BCUT2D eigenvalue weighted by Crippen LogP contribution is 2.26. The van der Waals surface area contributed by atoms with Gasteiger partial charge in [-0.05, 0) is 21.9 Å². The molecule has 0 spiro atoms. The molecule has 0 aliphatic heterocycles. The summed E-state index contributed by atoms with van der Waals surface area (Å²) in [5.41, 5.74) is 1.74. The van der Waals surface area contributed by atoms with Crippen molar-refractivity contribution in [3.05, 3.63) is 83.9 Å². The molecule has 3 aromatic carbocycles. The van der Waals surface area contributed by atoms with Crippen LogP contribution in [0, 0.1) is 0 Å². The molecule has 0 aliphatic carbocycles. The van der Waals surface area contributed by atoms with Crippen molar-refractivity contribution >= 4 is 10.8 Å². The quantitative estimate of drug-likeness (QED) is 0.586. The molecular weight excluding hydrogens is 216 g/mol. The van der Waals surface area contributed by atoms with Gasteiger partial charge in [-0.1, -0.05) is 79.7 Å². The third-order valence-electron chi connectivity index (χ3n) is 3.22. The molecule has 18 heavy (non-hydrogen) atoms. The van der Waals surface area contributed by atoms with Gasteiger partial charge in [0, 0.05) is 8.64 Å². The summed E-state index contributed by atoms with van der Waals surface area (Å²) < 4.78 is 16.6. The molecule has 0 fully saturated rings. The molecule has 0 heteroatoms. The van der Waals surface area contributed by atoms with Crippen molar-refractivity contribution in [1.29, 1.82) is 0 Å². The van der Waals surface area contributed by atoms with Crippen LogP contribution < -0.4 is 0 Å². The van der Waals surface area contributed by atoms with Gasteiger partial charge in [-0.25, -0.2) is 0 Å². The monoisotopic (exact) mass is 234 g/mol. The zero-order chi connectivity index (χ0) is 14.0. The summed E-state index contributed by atoms with van der Waals surface area (Å²) in [6.07, 6.45) is 0. The van der Waals surface area contributed by atoms with Crippen LogP contribution >= 0.6 is 0 Å². The fourth-order valence-corrected chi connectivity index (χ4v) is 2.18. The largest absolute Gasteiger partial charge is 0.0622 e. The summed E-state index contributed by atoms with van der Waals surface area (Å²) in [6, 6.07) is 23.8. The van der Waals surface area contributed by atoms with Crippen molar-refractivity contribution < 1.29 is 2.74 Å². The van der Waals surface area contributed by atoms with E-state index in [-0.39, 0.29) is 6.90 Å². The van der Waals surface area contributed by atoms with Crippen LogP contribution in [0.2, 0.25) is 0 Å². The normalized spacial score (nSPS) is 15.8. The first-order valence-corrected chi connectivity index (χ1v) is 6.08. The molecule has 88 valence electrons. The van der Waals surface area contributed by atoms with Crippen LogP contribution in [0.25, 0.3) is 10.8 Å². The summed E-state index contributed by atoms with van der Waals surface area (Å²) in [7, 11) is 0. The van der Waals surface area contributed by atoms with E-state index in [1.54, 1.807) is 0 Å². The van der Waals surface area contributed by atoms with Gasteiger partial charge in [0.25, 0.3) is 0 Å². The van der Waals surface area contributed by atoms with Gasteiger partial charge in [-0.2, -0.15) is 0 Å². The van der Waals surface area contributed by atoms with Crippen molar-refractivity contribution in [2.24, 2.45) is 0 Å². The maximum Gasteiger partial charge on any atom is 0.0399 e. The highest BCUT2D eigenvalue weighted by Gasteiger charge is 2.07. The molecule has 0 heterocycles. The minimum absolute atomic E-state index is 0.00928. The van der Waals surface area contributed by atoms with E-state index in [2.05, 4.69) is 6.07 Å². The Morgan fingerprint density at radius 3 is 2.28 bits per heavy atom. The van der Waals surface area contributed by atoms with E-state index in [0.717, 1.165) is 21.9 Å². The molecular formula is C18H16. The third-order valence-corrected chi connectivity index (χ3v) is 3.22. The SMILES string of the molecule is [2H]CC([2H])(c1ccccc1)c1ccc2ccccc2c1. The van der Waals surface area contributed by atoms with Crippen LogP contribution in [0.5, 0.6) is 0 Å². The number of fused-ring (bicyclic) bond motifs is 1. The molecule has 0 aromatic heterocycles. The van der Waals surface area contributed by atoms with E-state index in [1.165, 1.54) is 0 Å². The molecule has 3 aromatic rings. The van der Waals surface area contributed by atoms with Gasteiger partial charge in [-0.15, -0.1) is 0 Å². The van der Waals surface area contributed by atoms with Gasteiger partial charge in [0.05, 0.1) is 0 Å². The lowest BCUT2D eigenvalue weighted by Gasteiger charge is -2.13. The Balaban J connectivity index is 2.16. The minimum atomic E-state index is -1.01. The summed E-state index contributed by atoms with van der Waals surface area (Å²) in [6.45, 7) is 0.00928. The van der Waals surface area contributed by atoms with Crippen molar-refractivity contribution in [1.82, 2.24) is 0 Å². The number of rotatable bonds is 2. The second-order valence-corrected chi connectivity index (χ2v) is 4.41. The Morgan fingerprint density at radius 1 is 0.778 bits per heavy atom. The van der Waals surface area contributed by atoms with Gasteiger partial charge in [0.2, 0.25) is 0 Å². The average Bonchev–Trinajstić information content (AvgIpc) is 2.54. The van der Waals surface area contributed by atoms with E-state index in [0.29, 0.717) is 0 Å². The van der Waals surface area contributed by atoms with Crippen LogP contribution in [0.15, 0.2) is 72.8 Å². The third kappa shape index (κ3) is 2.02. The first-order chi connectivity index (χ1) is 9.74. The van der Waals surface area contributed by atoms with E-state index in [1.807, 2.05) is 66.7 Å². The standard InChI is InChI=1S/C18H16/c1-14(15-7-3-2-4-8-15)17-12-11-16-9-5-6-10-18(16)13-17/h2-14H,1H3/i1D,14D. The number of hydrogen-bond acceptors (Lipinski definition) is 0. The highest BCUT2D eigenvalue weighted by atomic mass is 14.1. The van der Waals surface area contributed by atoms with Crippen LogP contribution in [0.1, 0.15) is 26.7 Å². The van der Waals surface area contributed by atoms with E-state index >= 15 is 0 Å². The fraction of sp³-hybridized carbons (Fsp3) is 0.111. The lowest BCUT2D eigenvalue weighted by atomic mass is 9.92. The van der Waals surface area contributed by atoms with Gasteiger partial charge < -0.3 is 0 Å². The first-order valence-electron chi connectivity index (χ1n) is 7.29. The molecule has 0 bridgehead atoms. The Bertz CT molecular complexity index is 722. The molecule has 0 nitrogen and oxygen atoms in total. The second-order valence-electron chi connectivity index (χ2n) is 4.41. The predicted octanol–water partition coefficient (Wildman–Crippen LogP) is 4.99. The van der Waals surface area contributed by atoms with Crippen LogP contribution in [0.3, 0.4) is 0 Å². The molecule has 1 unspecified atom stereocenters. The molecule has 0 radical (unpaired) electrons. The van der Waals surface area contributed by atoms with Crippen LogP contribution in [-0.4, -0.2) is 0 Å². The predicted molar refractivity (Wildman–Crippen MR) is 77.9 cm³/mol. The van der Waals surface area contributed by atoms with Crippen LogP contribution in [-0.2, 0) is 0 Å². The zero-order valence-corrected chi connectivity index (χ0v) is 10.1. The molecule has 1 atom stereocenters. The van der Waals surface area contributed by atoms with Gasteiger partial charge in [0.1, 0.15) is 0 Å². The van der Waals surface area contributed by atoms with Crippen molar-refractivity contribution in [3.8, 4) is 0 Å². The maximum atomic E-state index is 8.74. The maximum absolute atomic E-state index is 8.74. The zero-order valence-electron chi connectivity index (χ0n) is 12.1. The summed E-state index contributed by atoms with van der Waals surface area (Å²) in [5.74, 6) is -1.01. The van der Waals surface area contributed by atoms with Gasteiger partial charge >= 0.3 is 0 Å². The minimum Gasteiger partial charge on any atom is -0.0622 e. The smallest absolute Gasteiger partial charge is 0.0399 e. The van der Waals surface area contributed by atoms with Crippen molar-refractivity contribution in [2.45, 2.75) is 12.8 Å². The second kappa shape index (κ2) is 4.66. The topological polar surface area (TPSA) is 0 Å². The molecule has 0 amide bonds. The highest BCUT2D eigenvalue weighted by molar-refractivity contribution is 5.83. The molecule has 0 aliphatic rings.